The number of benzene rings is 2. The summed E-state index contributed by atoms with van der Waals surface area (Å²) < 4.78 is 2.97. The number of hydrogen-bond donors (Lipinski definition) is 1. The number of hydrogen-bond acceptors (Lipinski definition) is 2. The average molecular weight is 302 g/mol. The first-order valence-corrected chi connectivity index (χ1v) is 6.45. The summed E-state index contributed by atoms with van der Waals surface area (Å²) in [6.07, 6.45) is 0. The van der Waals surface area contributed by atoms with Crippen LogP contribution in [0.4, 0.5) is 5.95 Å². The van der Waals surface area contributed by atoms with Crippen molar-refractivity contribution in [2.75, 3.05) is 5.73 Å². The third-order valence-electron chi connectivity index (χ3n) is 2.90. The topological polar surface area (TPSA) is 43.8 Å². The number of nitrogen functional groups attached to an aromatic ring is 1. The van der Waals surface area contributed by atoms with Crippen LogP contribution in [0.1, 0.15) is 5.56 Å². The van der Waals surface area contributed by atoms with Crippen molar-refractivity contribution in [2.45, 2.75) is 6.92 Å². The molecule has 0 saturated carbocycles. The largest absolute Gasteiger partial charge is 0.369 e. The predicted octanol–water partition coefficient (Wildman–Crippen LogP) is 3.68. The monoisotopic (exact) mass is 301 g/mol. The number of anilines is 1. The molecule has 0 saturated heterocycles. The molecule has 3 rings (SSSR count). The molecule has 0 aliphatic rings. The molecule has 0 unspecified atom stereocenters. The Morgan fingerprint density at radius 1 is 1.17 bits per heavy atom. The molecule has 18 heavy (non-hydrogen) atoms. The molecule has 0 radical (unpaired) electrons. The molecular weight excluding hydrogens is 290 g/mol. The number of fused-ring (bicyclic) bond motifs is 1. The van der Waals surface area contributed by atoms with Gasteiger partial charge in [-0.2, -0.15) is 0 Å². The molecule has 90 valence electrons. The van der Waals surface area contributed by atoms with Crippen molar-refractivity contribution in [1.29, 1.82) is 0 Å². The van der Waals surface area contributed by atoms with Crippen LogP contribution in [0.25, 0.3) is 16.7 Å². The summed E-state index contributed by atoms with van der Waals surface area (Å²) in [5.74, 6) is 0.508. The fraction of sp³-hybridized carbons (Fsp3) is 0.0714. The van der Waals surface area contributed by atoms with E-state index in [1.165, 1.54) is 5.56 Å². The van der Waals surface area contributed by atoms with E-state index in [4.69, 9.17) is 5.73 Å². The van der Waals surface area contributed by atoms with E-state index in [2.05, 4.69) is 40.0 Å². The summed E-state index contributed by atoms with van der Waals surface area (Å²) in [6, 6.07) is 14.2. The third-order valence-corrected chi connectivity index (χ3v) is 3.40. The van der Waals surface area contributed by atoms with Crippen LogP contribution in [0.2, 0.25) is 0 Å². The Morgan fingerprint density at radius 2 is 2.00 bits per heavy atom. The Kier molecular flexibility index (Phi) is 2.59. The highest BCUT2D eigenvalue weighted by Crippen LogP contribution is 2.25. The molecule has 0 fully saturated rings. The van der Waals surface area contributed by atoms with Gasteiger partial charge in [-0.05, 0) is 42.8 Å². The summed E-state index contributed by atoms with van der Waals surface area (Å²) in [5, 5.41) is 0. The highest BCUT2D eigenvalue weighted by molar-refractivity contribution is 9.10. The van der Waals surface area contributed by atoms with E-state index < -0.39 is 0 Å². The first-order chi connectivity index (χ1) is 8.65. The number of aromatic nitrogens is 2. The fourth-order valence-corrected chi connectivity index (χ4v) is 2.46. The zero-order valence-electron chi connectivity index (χ0n) is 9.89. The Hall–Kier alpha value is -1.81. The SMILES string of the molecule is Cc1cccc(-n2c(N)nc3cc(Br)ccc32)c1. The molecular formula is C14H12BrN3. The maximum Gasteiger partial charge on any atom is 0.205 e. The van der Waals surface area contributed by atoms with Crippen molar-refractivity contribution in [3.8, 4) is 5.69 Å². The molecule has 3 nitrogen and oxygen atoms in total. The van der Waals surface area contributed by atoms with E-state index in [-0.39, 0.29) is 0 Å². The molecule has 0 amide bonds. The smallest absolute Gasteiger partial charge is 0.205 e. The van der Waals surface area contributed by atoms with Gasteiger partial charge >= 0.3 is 0 Å². The van der Waals surface area contributed by atoms with Gasteiger partial charge in [0, 0.05) is 10.2 Å². The van der Waals surface area contributed by atoms with Gasteiger partial charge in [0.15, 0.2) is 0 Å². The van der Waals surface area contributed by atoms with Crippen LogP contribution in [-0.4, -0.2) is 9.55 Å². The number of aryl methyl sites for hydroxylation is 1. The van der Waals surface area contributed by atoms with Gasteiger partial charge in [0.25, 0.3) is 0 Å². The van der Waals surface area contributed by atoms with Gasteiger partial charge in [-0.15, -0.1) is 0 Å². The Morgan fingerprint density at radius 3 is 2.78 bits per heavy atom. The predicted molar refractivity (Wildman–Crippen MR) is 77.9 cm³/mol. The molecule has 0 bridgehead atoms. The molecule has 3 aromatic rings. The van der Waals surface area contributed by atoms with Gasteiger partial charge in [-0.3, -0.25) is 4.57 Å². The second-order valence-corrected chi connectivity index (χ2v) is 5.19. The molecule has 4 heteroatoms. The van der Waals surface area contributed by atoms with Crippen molar-refractivity contribution in [1.82, 2.24) is 9.55 Å². The number of nitrogens with zero attached hydrogens (tertiary/aromatic N) is 2. The average Bonchev–Trinajstić information content (AvgIpc) is 2.64. The van der Waals surface area contributed by atoms with Crippen LogP contribution in [0, 0.1) is 6.92 Å². The van der Waals surface area contributed by atoms with E-state index in [9.17, 15) is 0 Å². The number of halogens is 1. The van der Waals surface area contributed by atoms with E-state index >= 15 is 0 Å². The summed E-state index contributed by atoms with van der Waals surface area (Å²) in [6.45, 7) is 2.06. The van der Waals surface area contributed by atoms with Gasteiger partial charge in [-0.1, -0.05) is 28.1 Å². The van der Waals surface area contributed by atoms with E-state index in [1.807, 2.05) is 34.9 Å². The molecule has 2 aromatic carbocycles. The van der Waals surface area contributed by atoms with Gasteiger partial charge in [0.2, 0.25) is 5.95 Å². The maximum atomic E-state index is 6.02. The summed E-state index contributed by atoms with van der Waals surface area (Å²) >= 11 is 3.44. The molecule has 2 N–H and O–H groups in total. The maximum absolute atomic E-state index is 6.02. The molecule has 0 spiro atoms. The van der Waals surface area contributed by atoms with Crippen LogP contribution in [0.15, 0.2) is 46.9 Å². The molecule has 1 heterocycles. The van der Waals surface area contributed by atoms with Gasteiger partial charge in [0.1, 0.15) is 0 Å². The summed E-state index contributed by atoms with van der Waals surface area (Å²) in [7, 11) is 0. The van der Waals surface area contributed by atoms with Crippen LogP contribution >= 0.6 is 15.9 Å². The summed E-state index contributed by atoms with van der Waals surface area (Å²) in [5.41, 5.74) is 10.2. The fourth-order valence-electron chi connectivity index (χ4n) is 2.11. The van der Waals surface area contributed by atoms with Crippen molar-refractivity contribution in [3.63, 3.8) is 0 Å². The van der Waals surface area contributed by atoms with Crippen molar-refractivity contribution in [2.24, 2.45) is 0 Å². The van der Waals surface area contributed by atoms with E-state index in [1.54, 1.807) is 0 Å². The lowest BCUT2D eigenvalue weighted by atomic mass is 10.2. The first-order valence-electron chi connectivity index (χ1n) is 5.66. The van der Waals surface area contributed by atoms with Crippen LogP contribution in [0.5, 0.6) is 0 Å². The lowest BCUT2D eigenvalue weighted by Crippen LogP contribution is -2.00. The molecule has 0 atom stereocenters. The Bertz CT molecular complexity index is 731. The normalized spacial score (nSPS) is 11.0. The minimum absolute atomic E-state index is 0.508. The zero-order chi connectivity index (χ0) is 12.7. The van der Waals surface area contributed by atoms with Gasteiger partial charge < -0.3 is 5.73 Å². The first kappa shape index (κ1) is 11.3. The molecule has 0 aliphatic heterocycles. The molecule has 0 aliphatic carbocycles. The Labute approximate surface area is 113 Å². The van der Waals surface area contributed by atoms with E-state index in [0.717, 1.165) is 21.2 Å². The number of imidazole rings is 1. The minimum atomic E-state index is 0.508. The van der Waals surface area contributed by atoms with Gasteiger partial charge in [-0.25, -0.2) is 4.98 Å². The second kappa shape index (κ2) is 4.14. The quantitative estimate of drug-likeness (QED) is 0.745. The Balaban J connectivity index is 2.32. The lowest BCUT2D eigenvalue weighted by molar-refractivity contribution is 1.10. The highest BCUT2D eigenvalue weighted by Gasteiger charge is 2.10. The zero-order valence-corrected chi connectivity index (χ0v) is 11.5. The standard InChI is InChI=1S/C14H12BrN3/c1-9-3-2-4-11(7-9)18-13-6-5-10(15)8-12(13)17-14(18)16/h2-8H,1H3,(H2,16,17). The number of rotatable bonds is 1. The van der Waals surface area contributed by atoms with Crippen LogP contribution in [0.3, 0.4) is 0 Å². The summed E-state index contributed by atoms with van der Waals surface area (Å²) in [4.78, 5) is 4.39. The number of nitrogens with two attached hydrogens (primary N) is 1. The minimum Gasteiger partial charge on any atom is -0.369 e. The highest BCUT2D eigenvalue weighted by atomic mass is 79.9. The van der Waals surface area contributed by atoms with Crippen LogP contribution in [-0.2, 0) is 0 Å². The van der Waals surface area contributed by atoms with Crippen molar-refractivity contribution < 1.29 is 0 Å². The second-order valence-electron chi connectivity index (χ2n) is 4.28. The van der Waals surface area contributed by atoms with Crippen LogP contribution < -0.4 is 5.73 Å². The van der Waals surface area contributed by atoms with Crippen molar-refractivity contribution >= 4 is 32.9 Å². The van der Waals surface area contributed by atoms with Gasteiger partial charge in [0.05, 0.1) is 11.0 Å². The lowest BCUT2D eigenvalue weighted by Gasteiger charge is -2.07. The van der Waals surface area contributed by atoms with Crippen molar-refractivity contribution in [3.05, 3.63) is 52.5 Å². The van der Waals surface area contributed by atoms with E-state index in [0.29, 0.717) is 5.95 Å². The molecule has 1 aromatic heterocycles. The third kappa shape index (κ3) is 1.78.